The second-order valence-corrected chi connectivity index (χ2v) is 3.77. The Morgan fingerprint density at radius 2 is 2.10 bits per heavy atom. The molecule has 0 aromatic rings. The van der Waals surface area contributed by atoms with E-state index in [-0.39, 0.29) is 5.12 Å². The van der Waals surface area contributed by atoms with Crippen molar-refractivity contribution in [2.24, 2.45) is 0 Å². The molecule has 0 heterocycles. The van der Waals surface area contributed by atoms with Crippen LogP contribution in [0, 0.1) is 0 Å². The molecule has 0 aliphatic carbocycles. The number of hydrogen-bond donors (Lipinski definition) is 0. The predicted molar refractivity (Wildman–Crippen MR) is 46.3 cm³/mol. The maximum Gasteiger partial charge on any atom is 0.185 e. The maximum atomic E-state index is 10.4. The molecule has 0 saturated heterocycles. The molecule has 0 bridgehead atoms. The molecule has 0 aliphatic heterocycles. The van der Waals surface area contributed by atoms with Crippen molar-refractivity contribution in [1.29, 1.82) is 0 Å². The molecule has 3 heteroatoms. The Bertz CT molecular complexity index is 104. The number of nitrogens with zero attached hydrogens (tertiary/aromatic N) is 1. The Morgan fingerprint density at radius 1 is 1.50 bits per heavy atom. The zero-order valence-electron chi connectivity index (χ0n) is 6.89. The summed E-state index contributed by atoms with van der Waals surface area (Å²) in [6.45, 7) is 2.68. The zero-order valence-corrected chi connectivity index (χ0v) is 7.70. The smallest absolute Gasteiger partial charge is 0.185 e. The molecule has 0 rings (SSSR count). The highest BCUT2D eigenvalue weighted by molar-refractivity contribution is 8.13. The lowest BCUT2D eigenvalue weighted by Crippen LogP contribution is -2.13. The second kappa shape index (κ2) is 5.74. The van der Waals surface area contributed by atoms with Gasteiger partial charge in [-0.15, -0.1) is 0 Å². The SMILES string of the molecule is CC(=O)SCCCN(C)C. The van der Waals surface area contributed by atoms with Gasteiger partial charge in [-0.05, 0) is 27.1 Å². The van der Waals surface area contributed by atoms with Crippen molar-refractivity contribution in [1.82, 2.24) is 4.90 Å². The van der Waals surface area contributed by atoms with E-state index in [2.05, 4.69) is 4.90 Å². The summed E-state index contributed by atoms with van der Waals surface area (Å²) in [5.74, 6) is 0.952. The first-order valence-corrected chi connectivity index (χ1v) is 4.39. The normalized spacial score (nSPS) is 10.4. The van der Waals surface area contributed by atoms with Crippen molar-refractivity contribution < 1.29 is 4.79 Å². The summed E-state index contributed by atoms with van der Waals surface area (Å²) in [4.78, 5) is 12.6. The molecule has 0 aromatic carbocycles. The summed E-state index contributed by atoms with van der Waals surface area (Å²) in [5.41, 5.74) is 0. The van der Waals surface area contributed by atoms with Crippen LogP contribution in [0.2, 0.25) is 0 Å². The maximum absolute atomic E-state index is 10.4. The topological polar surface area (TPSA) is 20.3 Å². The van der Waals surface area contributed by atoms with E-state index in [1.807, 2.05) is 14.1 Å². The van der Waals surface area contributed by atoms with Crippen LogP contribution in [0.25, 0.3) is 0 Å². The average Bonchev–Trinajstić information content (AvgIpc) is 1.79. The predicted octanol–water partition coefficient (Wildman–Crippen LogP) is 1.22. The minimum Gasteiger partial charge on any atom is -0.309 e. The van der Waals surface area contributed by atoms with E-state index in [4.69, 9.17) is 0 Å². The summed E-state index contributed by atoms with van der Waals surface area (Å²) < 4.78 is 0. The fourth-order valence-electron chi connectivity index (χ4n) is 0.597. The van der Waals surface area contributed by atoms with Crippen molar-refractivity contribution in [2.45, 2.75) is 13.3 Å². The molecule has 10 heavy (non-hydrogen) atoms. The molecule has 0 aromatic heterocycles. The molecule has 0 unspecified atom stereocenters. The number of carbonyl (C=O) groups is 1. The van der Waals surface area contributed by atoms with Gasteiger partial charge in [0, 0.05) is 12.7 Å². The van der Waals surface area contributed by atoms with Gasteiger partial charge in [-0.2, -0.15) is 0 Å². The summed E-state index contributed by atoms with van der Waals surface area (Å²) in [5, 5.41) is 0.221. The molecule has 0 amide bonds. The van der Waals surface area contributed by atoms with Gasteiger partial charge < -0.3 is 4.90 Å². The van der Waals surface area contributed by atoms with E-state index >= 15 is 0 Å². The molecule has 60 valence electrons. The molecule has 0 spiro atoms. The van der Waals surface area contributed by atoms with Crippen LogP contribution in [0.15, 0.2) is 0 Å². The highest BCUT2D eigenvalue weighted by Gasteiger charge is 1.94. The Kier molecular flexibility index (Phi) is 5.73. The second-order valence-electron chi connectivity index (χ2n) is 2.50. The lowest BCUT2D eigenvalue weighted by atomic mass is 10.5. The minimum atomic E-state index is 0.221. The fraction of sp³-hybridized carbons (Fsp3) is 0.857. The highest BCUT2D eigenvalue weighted by Crippen LogP contribution is 2.02. The quantitative estimate of drug-likeness (QED) is 0.578. The van der Waals surface area contributed by atoms with Crippen LogP contribution in [0.1, 0.15) is 13.3 Å². The van der Waals surface area contributed by atoms with E-state index < -0.39 is 0 Å². The average molecular weight is 161 g/mol. The standard InChI is InChI=1S/C7H15NOS/c1-7(9)10-6-4-5-8(2)3/h4-6H2,1-3H3. The van der Waals surface area contributed by atoms with Crippen LogP contribution in [0.5, 0.6) is 0 Å². The third-order valence-electron chi connectivity index (χ3n) is 1.05. The Hall–Kier alpha value is -0.0200. The summed E-state index contributed by atoms with van der Waals surface area (Å²) in [7, 11) is 4.08. The largest absolute Gasteiger partial charge is 0.309 e. The van der Waals surface area contributed by atoms with Crippen LogP contribution in [0.3, 0.4) is 0 Å². The van der Waals surface area contributed by atoms with E-state index in [0.29, 0.717) is 0 Å². The Labute approximate surface area is 67.0 Å². The third kappa shape index (κ3) is 7.98. The van der Waals surface area contributed by atoms with Gasteiger partial charge in [-0.25, -0.2) is 0 Å². The third-order valence-corrected chi connectivity index (χ3v) is 1.95. The van der Waals surface area contributed by atoms with E-state index in [1.54, 1.807) is 6.92 Å². The van der Waals surface area contributed by atoms with E-state index in [9.17, 15) is 4.79 Å². The van der Waals surface area contributed by atoms with Gasteiger partial charge in [0.2, 0.25) is 0 Å². The first-order chi connectivity index (χ1) is 4.63. The van der Waals surface area contributed by atoms with Crippen molar-refractivity contribution >= 4 is 16.9 Å². The number of thioether (sulfide) groups is 1. The van der Waals surface area contributed by atoms with Crippen LogP contribution in [-0.2, 0) is 4.79 Å². The van der Waals surface area contributed by atoms with Crippen LogP contribution in [-0.4, -0.2) is 36.4 Å². The van der Waals surface area contributed by atoms with Crippen molar-refractivity contribution in [3.8, 4) is 0 Å². The van der Waals surface area contributed by atoms with Crippen LogP contribution < -0.4 is 0 Å². The number of hydrogen-bond acceptors (Lipinski definition) is 3. The summed E-state index contributed by atoms with van der Waals surface area (Å²) >= 11 is 1.41. The first-order valence-electron chi connectivity index (χ1n) is 3.41. The van der Waals surface area contributed by atoms with Gasteiger partial charge in [0.15, 0.2) is 5.12 Å². The molecule has 2 nitrogen and oxygen atoms in total. The van der Waals surface area contributed by atoms with Gasteiger partial charge >= 0.3 is 0 Å². The van der Waals surface area contributed by atoms with Crippen LogP contribution in [0.4, 0.5) is 0 Å². The molecular weight excluding hydrogens is 146 g/mol. The van der Waals surface area contributed by atoms with Crippen molar-refractivity contribution in [3.05, 3.63) is 0 Å². The molecule has 0 aliphatic rings. The molecule has 0 N–H and O–H groups in total. The van der Waals surface area contributed by atoms with E-state index in [0.717, 1.165) is 18.7 Å². The van der Waals surface area contributed by atoms with Crippen molar-refractivity contribution in [2.75, 3.05) is 26.4 Å². The first kappa shape index (κ1) is 9.98. The number of rotatable bonds is 4. The van der Waals surface area contributed by atoms with Crippen molar-refractivity contribution in [3.63, 3.8) is 0 Å². The minimum absolute atomic E-state index is 0.221. The van der Waals surface area contributed by atoms with E-state index in [1.165, 1.54) is 11.8 Å². The van der Waals surface area contributed by atoms with Gasteiger partial charge in [-0.1, -0.05) is 11.8 Å². The molecule has 0 radical (unpaired) electrons. The zero-order chi connectivity index (χ0) is 7.98. The molecular formula is C7H15NOS. The monoisotopic (exact) mass is 161 g/mol. The Balaban J connectivity index is 2.98. The van der Waals surface area contributed by atoms with Gasteiger partial charge in [0.05, 0.1) is 0 Å². The Morgan fingerprint density at radius 3 is 2.50 bits per heavy atom. The van der Waals surface area contributed by atoms with Gasteiger partial charge in [0.1, 0.15) is 0 Å². The fourth-order valence-corrected chi connectivity index (χ4v) is 1.16. The molecule has 0 fully saturated rings. The highest BCUT2D eigenvalue weighted by atomic mass is 32.2. The lowest BCUT2D eigenvalue weighted by Gasteiger charge is -2.07. The molecule has 0 saturated carbocycles. The van der Waals surface area contributed by atoms with Gasteiger partial charge in [0.25, 0.3) is 0 Å². The summed E-state index contributed by atoms with van der Waals surface area (Å²) in [6.07, 6.45) is 1.09. The van der Waals surface area contributed by atoms with Gasteiger partial charge in [-0.3, -0.25) is 4.79 Å². The summed E-state index contributed by atoms with van der Waals surface area (Å²) in [6, 6.07) is 0. The lowest BCUT2D eigenvalue weighted by molar-refractivity contribution is -0.109. The molecule has 0 atom stereocenters. The van der Waals surface area contributed by atoms with Crippen LogP contribution >= 0.6 is 11.8 Å². The number of carbonyl (C=O) groups excluding carboxylic acids is 1.